The number of aliphatic hydroxyl groups is 1. The quantitative estimate of drug-likeness (QED) is 0.822. The molecule has 16 heavy (non-hydrogen) atoms. The lowest BCUT2D eigenvalue weighted by Crippen LogP contribution is -2.26. The molecule has 0 fully saturated rings. The van der Waals surface area contributed by atoms with Crippen molar-refractivity contribution in [1.82, 2.24) is 10.3 Å². The average molecular weight is 222 g/mol. The maximum Gasteiger partial charge on any atom is 0.101 e. The Labute approximate surface area is 97.9 Å². The molecule has 3 heteroatoms. The molecule has 0 spiro atoms. The van der Waals surface area contributed by atoms with Gasteiger partial charge < -0.3 is 10.4 Å². The van der Waals surface area contributed by atoms with E-state index in [0.29, 0.717) is 11.7 Å². The molecule has 0 saturated carbocycles. The molecule has 0 bridgehead atoms. The monoisotopic (exact) mass is 222 g/mol. The molecule has 0 aliphatic rings. The lowest BCUT2D eigenvalue weighted by molar-refractivity contribution is 0.0738. The van der Waals surface area contributed by atoms with E-state index in [1.54, 1.807) is 13.8 Å². The molecule has 0 aliphatic heterocycles. The number of pyridine rings is 1. The first-order valence-electron chi connectivity index (χ1n) is 5.75. The van der Waals surface area contributed by atoms with Crippen LogP contribution >= 0.6 is 0 Å². The van der Waals surface area contributed by atoms with Crippen molar-refractivity contribution in [3.8, 4) is 0 Å². The number of aromatic nitrogens is 1. The summed E-state index contributed by atoms with van der Waals surface area (Å²) < 4.78 is 0. The molecule has 1 rings (SSSR count). The summed E-state index contributed by atoms with van der Waals surface area (Å²) in [6, 6.07) is 4.63. The molecule has 3 nitrogen and oxygen atoms in total. The van der Waals surface area contributed by atoms with Gasteiger partial charge in [0.25, 0.3) is 0 Å². The molecular formula is C13H22N2O. The Morgan fingerprint density at radius 1 is 1.25 bits per heavy atom. The van der Waals surface area contributed by atoms with Gasteiger partial charge in [-0.2, -0.15) is 0 Å². The van der Waals surface area contributed by atoms with Crippen LogP contribution in [0.25, 0.3) is 0 Å². The van der Waals surface area contributed by atoms with E-state index in [9.17, 15) is 5.11 Å². The first-order valence-corrected chi connectivity index (χ1v) is 5.75. The SMILES string of the molecule is CC(C)NC(C)c1ccc(C(C)(C)O)nc1. The van der Waals surface area contributed by atoms with Gasteiger partial charge in [-0.15, -0.1) is 0 Å². The maximum absolute atomic E-state index is 9.79. The first-order chi connectivity index (χ1) is 7.30. The fourth-order valence-electron chi connectivity index (χ4n) is 1.62. The zero-order valence-corrected chi connectivity index (χ0v) is 10.8. The van der Waals surface area contributed by atoms with Crippen LogP contribution in [0, 0.1) is 0 Å². The molecule has 0 aromatic carbocycles. The Morgan fingerprint density at radius 2 is 1.88 bits per heavy atom. The first kappa shape index (κ1) is 13.1. The molecule has 2 N–H and O–H groups in total. The van der Waals surface area contributed by atoms with E-state index in [4.69, 9.17) is 0 Å². The van der Waals surface area contributed by atoms with E-state index < -0.39 is 5.60 Å². The van der Waals surface area contributed by atoms with Gasteiger partial charge in [-0.1, -0.05) is 19.9 Å². The Kier molecular flexibility index (Phi) is 4.05. The van der Waals surface area contributed by atoms with E-state index in [0.717, 1.165) is 5.56 Å². The van der Waals surface area contributed by atoms with Crippen molar-refractivity contribution in [1.29, 1.82) is 0 Å². The van der Waals surface area contributed by atoms with Crippen molar-refractivity contribution in [3.63, 3.8) is 0 Å². The summed E-state index contributed by atoms with van der Waals surface area (Å²) in [5, 5.41) is 13.2. The van der Waals surface area contributed by atoms with Crippen LogP contribution in [0.1, 0.15) is 51.9 Å². The van der Waals surface area contributed by atoms with Crippen LogP contribution in [-0.4, -0.2) is 16.1 Å². The normalized spacial score (nSPS) is 14.2. The Bertz CT molecular complexity index is 325. The van der Waals surface area contributed by atoms with E-state index in [2.05, 4.69) is 31.1 Å². The van der Waals surface area contributed by atoms with Gasteiger partial charge in [0.15, 0.2) is 0 Å². The summed E-state index contributed by atoms with van der Waals surface area (Å²) in [6.45, 7) is 9.83. The predicted octanol–water partition coefficient (Wildman–Crippen LogP) is 2.37. The topological polar surface area (TPSA) is 45.1 Å². The summed E-state index contributed by atoms with van der Waals surface area (Å²) in [5.41, 5.74) is 0.974. The van der Waals surface area contributed by atoms with Crippen molar-refractivity contribution in [3.05, 3.63) is 29.6 Å². The third-order valence-corrected chi connectivity index (χ3v) is 2.50. The molecule has 90 valence electrons. The van der Waals surface area contributed by atoms with Gasteiger partial charge >= 0.3 is 0 Å². The van der Waals surface area contributed by atoms with E-state index in [-0.39, 0.29) is 6.04 Å². The largest absolute Gasteiger partial charge is 0.384 e. The fourth-order valence-corrected chi connectivity index (χ4v) is 1.62. The van der Waals surface area contributed by atoms with Gasteiger partial charge in [0.1, 0.15) is 5.60 Å². The van der Waals surface area contributed by atoms with E-state index >= 15 is 0 Å². The van der Waals surface area contributed by atoms with Crippen LogP contribution < -0.4 is 5.32 Å². The zero-order valence-electron chi connectivity index (χ0n) is 10.8. The standard InChI is InChI=1S/C13H22N2O/c1-9(2)15-10(3)11-6-7-12(14-8-11)13(4,5)16/h6-10,15-16H,1-5H3. The Balaban J connectivity index is 2.79. The third-order valence-electron chi connectivity index (χ3n) is 2.50. The second kappa shape index (κ2) is 4.93. The highest BCUT2D eigenvalue weighted by atomic mass is 16.3. The van der Waals surface area contributed by atoms with Crippen LogP contribution in [0.5, 0.6) is 0 Å². The lowest BCUT2D eigenvalue weighted by atomic mass is 10.0. The number of rotatable bonds is 4. The van der Waals surface area contributed by atoms with E-state index in [1.165, 1.54) is 0 Å². The maximum atomic E-state index is 9.79. The van der Waals surface area contributed by atoms with Crippen LogP contribution in [0.15, 0.2) is 18.3 Å². The number of nitrogens with zero attached hydrogens (tertiary/aromatic N) is 1. The van der Waals surface area contributed by atoms with Gasteiger partial charge in [-0.05, 0) is 32.4 Å². The summed E-state index contributed by atoms with van der Waals surface area (Å²) >= 11 is 0. The van der Waals surface area contributed by atoms with Gasteiger partial charge in [-0.3, -0.25) is 4.98 Å². The highest BCUT2D eigenvalue weighted by Crippen LogP contribution is 2.19. The molecule has 0 radical (unpaired) electrons. The molecule has 1 atom stereocenters. The Morgan fingerprint density at radius 3 is 2.25 bits per heavy atom. The minimum Gasteiger partial charge on any atom is -0.384 e. The second-order valence-corrected chi connectivity index (χ2v) is 5.08. The minimum atomic E-state index is -0.868. The number of hydrogen-bond acceptors (Lipinski definition) is 3. The molecule has 0 amide bonds. The second-order valence-electron chi connectivity index (χ2n) is 5.08. The molecular weight excluding hydrogens is 200 g/mol. The van der Waals surface area contributed by atoms with Crippen LogP contribution in [-0.2, 0) is 5.60 Å². The summed E-state index contributed by atoms with van der Waals surface area (Å²) in [6.07, 6.45) is 1.83. The summed E-state index contributed by atoms with van der Waals surface area (Å²) in [5.74, 6) is 0. The third kappa shape index (κ3) is 3.58. The number of nitrogens with one attached hydrogen (secondary N) is 1. The van der Waals surface area contributed by atoms with E-state index in [1.807, 2.05) is 18.3 Å². The fraction of sp³-hybridized carbons (Fsp3) is 0.615. The predicted molar refractivity (Wildman–Crippen MR) is 66.2 cm³/mol. The smallest absolute Gasteiger partial charge is 0.101 e. The van der Waals surface area contributed by atoms with Crippen molar-refractivity contribution >= 4 is 0 Å². The molecule has 0 aliphatic carbocycles. The Hall–Kier alpha value is -0.930. The molecule has 0 saturated heterocycles. The molecule has 1 heterocycles. The summed E-state index contributed by atoms with van der Waals surface area (Å²) in [7, 11) is 0. The van der Waals surface area contributed by atoms with Crippen LogP contribution in [0.2, 0.25) is 0 Å². The van der Waals surface area contributed by atoms with Gasteiger partial charge in [0, 0.05) is 18.3 Å². The molecule has 1 aromatic heterocycles. The van der Waals surface area contributed by atoms with Crippen molar-refractivity contribution in [2.24, 2.45) is 0 Å². The van der Waals surface area contributed by atoms with Gasteiger partial charge in [0.05, 0.1) is 5.69 Å². The molecule has 1 aromatic rings. The molecule has 1 unspecified atom stereocenters. The van der Waals surface area contributed by atoms with Crippen molar-refractivity contribution in [2.45, 2.75) is 52.3 Å². The van der Waals surface area contributed by atoms with Gasteiger partial charge in [-0.25, -0.2) is 0 Å². The minimum absolute atomic E-state index is 0.281. The highest BCUT2D eigenvalue weighted by molar-refractivity contribution is 5.20. The lowest BCUT2D eigenvalue weighted by Gasteiger charge is -2.19. The average Bonchev–Trinajstić information content (AvgIpc) is 2.15. The summed E-state index contributed by atoms with van der Waals surface area (Å²) in [4.78, 5) is 4.29. The van der Waals surface area contributed by atoms with Crippen molar-refractivity contribution in [2.75, 3.05) is 0 Å². The van der Waals surface area contributed by atoms with Crippen molar-refractivity contribution < 1.29 is 5.11 Å². The van der Waals surface area contributed by atoms with Crippen LogP contribution in [0.4, 0.5) is 0 Å². The van der Waals surface area contributed by atoms with Gasteiger partial charge in [0.2, 0.25) is 0 Å². The zero-order chi connectivity index (χ0) is 12.3. The number of hydrogen-bond donors (Lipinski definition) is 2. The van der Waals surface area contributed by atoms with Crippen LogP contribution in [0.3, 0.4) is 0 Å². The highest BCUT2D eigenvalue weighted by Gasteiger charge is 2.17.